The first kappa shape index (κ1) is 11.6. The average Bonchev–Trinajstić information content (AvgIpc) is 2.25. The van der Waals surface area contributed by atoms with E-state index in [9.17, 15) is 5.11 Å². The van der Waals surface area contributed by atoms with E-state index in [2.05, 4.69) is 12.2 Å². The first-order valence-electron chi connectivity index (χ1n) is 6.25. The molecule has 0 spiro atoms. The van der Waals surface area contributed by atoms with Crippen molar-refractivity contribution in [3.8, 4) is 0 Å². The van der Waals surface area contributed by atoms with E-state index >= 15 is 0 Å². The van der Waals surface area contributed by atoms with E-state index in [1.165, 1.54) is 19.3 Å². The first-order chi connectivity index (χ1) is 7.75. The van der Waals surface area contributed by atoms with Crippen LogP contribution in [0, 0.1) is 0 Å². The third-order valence-electron chi connectivity index (χ3n) is 3.39. The summed E-state index contributed by atoms with van der Waals surface area (Å²) in [6.07, 6.45) is 4.40. The molecule has 16 heavy (non-hydrogen) atoms. The van der Waals surface area contributed by atoms with Gasteiger partial charge in [0.05, 0.1) is 6.10 Å². The van der Waals surface area contributed by atoms with Gasteiger partial charge in [-0.3, -0.25) is 0 Å². The lowest BCUT2D eigenvalue weighted by molar-refractivity contribution is 0.147. The Hall–Kier alpha value is -0.860. The number of benzene rings is 1. The molecule has 0 saturated heterocycles. The molecule has 0 aromatic heterocycles. The molecular formula is C14H21NO. The molecule has 1 aliphatic rings. The van der Waals surface area contributed by atoms with Gasteiger partial charge in [-0.2, -0.15) is 0 Å². The van der Waals surface area contributed by atoms with E-state index in [1.807, 2.05) is 30.3 Å². The smallest absolute Gasteiger partial charge is 0.0804 e. The van der Waals surface area contributed by atoms with Crippen molar-refractivity contribution in [3.63, 3.8) is 0 Å². The van der Waals surface area contributed by atoms with Crippen molar-refractivity contribution in [2.75, 3.05) is 0 Å². The van der Waals surface area contributed by atoms with E-state index in [0.717, 1.165) is 12.0 Å². The standard InChI is InChI=1S/C14H21NO/c1-11(15-13-8-5-9-13)10-14(16)12-6-3-2-4-7-12/h2-4,6-7,11,13-16H,5,8-10H2,1H3. The van der Waals surface area contributed by atoms with Crippen LogP contribution >= 0.6 is 0 Å². The topological polar surface area (TPSA) is 32.3 Å². The predicted octanol–water partition coefficient (Wildman–Crippen LogP) is 2.64. The monoisotopic (exact) mass is 219 g/mol. The second-order valence-electron chi connectivity index (χ2n) is 4.86. The van der Waals surface area contributed by atoms with Crippen LogP contribution in [0.1, 0.15) is 44.3 Å². The number of aliphatic hydroxyl groups is 1. The van der Waals surface area contributed by atoms with Crippen LogP contribution in [0.5, 0.6) is 0 Å². The van der Waals surface area contributed by atoms with Crippen LogP contribution < -0.4 is 5.32 Å². The first-order valence-corrected chi connectivity index (χ1v) is 6.25. The molecule has 2 unspecified atom stereocenters. The zero-order valence-corrected chi connectivity index (χ0v) is 9.89. The Morgan fingerprint density at radius 3 is 2.56 bits per heavy atom. The molecule has 1 fully saturated rings. The van der Waals surface area contributed by atoms with Crippen molar-refractivity contribution in [1.82, 2.24) is 5.32 Å². The highest BCUT2D eigenvalue weighted by molar-refractivity contribution is 5.17. The minimum atomic E-state index is -0.344. The summed E-state index contributed by atoms with van der Waals surface area (Å²) in [5, 5.41) is 13.6. The quantitative estimate of drug-likeness (QED) is 0.798. The molecule has 88 valence electrons. The van der Waals surface area contributed by atoms with Gasteiger partial charge in [0.25, 0.3) is 0 Å². The minimum absolute atomic E-state index is 0.344. The summed E-state index contributed by atoms with van der Waals surface area (Å²) in [5.41, 5.74) is 1.02. The number of hydrogen-bond donors (Lipinski definition) is 2. The molecule has 1 aromatic carbocycles. The minimum Gasteiger partial charge on any atom is -0.388 e. The third-order valence-corrected chi connectivity index (χ3v) is 3.39. The maximum absolute atomic E-state index is 10.1. The van der Waals surface area contributed by atoms with E-state index in [0.29, 0.717) is 12.1 Å². The van der Waals surface area contributed by atoms with Crippen molar-refractivity contribution in [3.05, 3.63) is 35.9 Å². The van der Waals surface area contributed by atoms with Crippen LogP contribution in [0.25, 0.3) is 0 Å². The lowest BCUT2D eigenvalue weighted by Gasteiger charge is -2.30. The Morgan fingerprint density at radius 2 is 2.00 bits per heavy atom. The van der Waals surface area contributed by atoms with Gasteiger partial charge in [-0.25, -0.2) is 0 Å². The predicted molar refractivity (Wildman–Crippen MR) is 66.3 cm³/mol. The van der Waals surface area contributed by atoms with E-state index in [-0.39, 0.29) is 6.10 Å². The van der Waals surface area contributed by atoms with Crippen LogP contribution in [-0.2, 0) is 0 Å². The molecule has 2 heteroatoms. The molecule has 2 nitrogen and oxygen atoms in total. The summed E-state index contributed by atoms with van der Waals surface area (Å²) < 4.78 is 0. The molecule has 0 radical (unpaired) electrons. The summed E-state index contributed by atoms with van der Waals surface area (Å²) in [6, 6.07) is 11.0. The van der Waals surface area contributed by atoms with Gasteiger partial charge in [-0.05, 0) is 31.7 Å². The summed E-state index contributed by atoms with van der Waals surface area (Å²) >= 11 is 0. The van der Waals surface area contributed by atoms with Crippen molar-refractivity contribution in [2.45, 2.75) is 50.8 Å². The molecule has 2 rings (SSSR count). The highest BCUT2D eigenvalue weighted by Crippen LogP contribution is 2.22. The van der Waals surface area contributed by atoms with E-state index in [1.54, 1.807) is 0 Å². The fraction of sp³-hybridized carbons (Fsp3) is 0.571. The van der Waals surface area contributed by atoms with Gasteiger partial charge in [0, 0.05) is 12.1 Å². The molecule has 0 aliphatic heterocycles. The fourth-order valence-corrected chi connectivity index (χ4v) is 2.19. The van der Waals surface area contributed by atoms with Crippen LogP contribution in [-0.4, -0.2) is 17.2 Å². The van der Waals surface area contributed by atoms with Gasteiger partial charge in [0.15, 0.2) is 0 Å². The highest BCUT2D eigenvalue weighted by Gasteiger charge is 2.20. The number of aliphatic hydroxyl groups excluding tert-OH is 1. The maximum atomic E-state index is 10.1. The second kappa shape index (κ2) is 5.46. The normalized spacial score (nSPS) is 20.1. The summed E-state index contributed by atoms with van der Waals surface area (Å²) in [7, 11) is 0. The molecule has 0 heterocycles. The Balaban J connectivity index is 1.79. The van der Waals surface area contributed by atoms with Crippen molar-refractivity contribution >= 4 is 0 Å². The largest absolute Gasteiger partial charge is 0.388 e. The van der Waals surface area contributed by atoms with Crippen LogP contribution in [0.4, 0.5) is 0 Å². The maximum Gasteiger partial charge on any atom is 0.0804 e. The number of rotatable bonds is 5. The summed E-state index contributed by atoms with van der Waals surface area (Å²) in [5.74, 6) is 0. The van der Waals surface area contributed by atoms with Gasteiger partial charge in [-0.15, -0.1) is 0 Å². The van der Waals surface area contributed by atoms with Gasteiger partial charge in [-0.1, -0.05) is 36.8 Å². The van der Waals surface area contributed by atoms with Gasteiger partial charge in [0.1, 0.15) is 0 Å². The van der Waals surface area contributed by atoms with Crippen molar-refractivity contribution < 1.29 is 5.11 Å². The summed E-state index contributed by atoms with van der Waals surface area (Å²) in [4.78, 5) is 0. The van der Waals surface area contributed by atoms with E-state index in [4.69, 9.17) is 0 Å². The molecule has 0 amide bonds. The molecular weight excluding hydrogens is 198 g/mol. The Labute approximate surface area is 97.7 Å². The number of hydrogen-bond acceptors (Lipinski definition) is 2. The molecule has 1 aliphatic carbocycles. The molecule has 0 bridgehead atoms. The lowest BCUT2D eigenvalue weighted by Crippen LogP contribution is -2.41. The van der Waals surface area contributed by atoms with E-state index < -0.39 is 0 Å². The van der Waals surface area contributed by atoms with Crippen LogP contribution in [0.15, 0.2) is 30.3 Å². The fourth-order valence-electron chi connectivity index (χ4n) is 2.19. The molecule has 1 aromatic rings. The zero-order chi connectivity index (χ0) is 11.4. The van der Waals surface area contributed by atoms with Gasteiger partial charge >= 0.3 is 0 Å². The van der Waals surface area contributed by atoms with Crippen LogP contribution in [0.2, 0.25) is 0 Å². The molecule has 1 saturated carbocycles. The molecule has 2 atom stereocenters. The van der Waals surface area contributed by atoms with Crippen LogP contribution in [0.3, 0.4) is 0 Å². The Morgan fingerprint density at radius 1 is 1.31 bits per heavy atom. The lowest BCUT2D eigenvalue weighted by atomic mass is 9.91. The van der Waals surface area contributed by atoms with Gasteiger partial charge in [0.2, 0.25) is 0 Å². The van der Waals surface area contributed by atoms with Gasteiger partial charge < -0.3 is 10.4 Å². The highest BCUT2D eigenvalue weighted by atomic mass is 16.3. The second-order valence-corrected chi connectivity index (χ2v) is 4.86. The zero-order valence-electron chi connectivity index (χ0n) is 9.89. The third kappa shape index (κ3) is 3.06. The molecule has 2 N–H and O–H groups in total. The number of nitrogens with one attached hydrogen (secondary N) is 1. The Bertz CT molecular complexity index is 308. The SMILES string of the molecule is CC(CC(O)c1ccccc1)NC1CCC1. The summed E-state index contributed by atoms with van der Waals surface area (Å²) in [6.45, 7) is 2.16. The van der Waals surface area contributed by atoms with Crippen molar-refractivity contribution in [2.24, 2.45) is 0 Å². The average molecular weight is 219 g/mol. The van der Waals surface area contributed by atoms with Crippen molar-refractivity contribution in [1.29, 1.82) is 0 Å². The Kier molecular flexibility index (Phi) is 3.97.